The molecule has 18 heavy (non-hydrogen) atoms. The predicted molar refractivity (Wildman–Crippen MR) is 73.1 cm³/mol. The maximum absolute atomic E-state index is 11.2. The molecule has 2 aromatic rings. The number of aromatic carboxylic acids is 1. The number of halogens is 1. The van der Waals surface area contributed by atoms with Gasteiger partial charge in [0.25, 0.3) is 0 Å². The Morgan fingerprint density at radius 2 is 2.33 bits per heavy atom. The van der Waals surface area contributed by atoms with Crippen LogP contribution in [0.3, 0.4) is 0 Å². The Morgan fingerprint density at radius 1 is 1.56 bits per heavy atom. The molecule has 0 aliphatic heterocycles. The molecule has 7 heteroatoms. The van der Waals surface area contributed by atoms with Gasteiger partial charge in [-0.05, 0) is 22.0 Å². The maximum atomic E-state index is 11.2. The number of carbonyl (C=O) groups is 1. The summed E-state index contributed by atoms with van der Waals surface area (Å²) in [4.78, 5) is 21.3. The van der Waals surface area contributed by atoms with Gasteiger partial charge in [0, 0.05) is 23.1 Å². The van der Waals surface area contributed by atoms with Crippen LogP contribution in [-0.2, 0) is 6.54 Å². The van der Waals surface area contributed by atoms with Gasteiger partial charge >= 0.3 is 5.97 Å². The van der Waals surface area contributed by atoms with Crippen molar-refractivity contribution in [2.24, 2.45) is 0 Å². The molecule has 0 atom stereocenters. The van der Waals surface area contributed by atoms with Crippen LogP contribution in [-0.4, -0.2) is 28.1 Å². The van der Waals surface area contributed by atoms with Crippen molar-refractivity contribution in [2.75, 3.05) is 11.9 Å². The van der Waals surface area contributed by atoms with Crippen LogP contribution < -0.4 is 4.90 Å². The summed E-state index contributed by atoms with van der Waals surface area (Å²) in [5, 5.41) is 11.1. The van der Waals surface area contributed by atoms with E-state index >= 15 is 0 Å². The van der Waals surface area contributed by atoms with Gasteiger partial charge in [-0.15, -0.1) is 11.3 Å². The Kier molecular flexibility index (Phi) is 3.93. The minimum Gasteiger partial charge on any atom is -0.478 e. The highest BCUT2D eigenvalue weighted by atomic mass is 79.9. The summed E-state index contributed by atoms with van der Waals surface area (Å²) in [6, 6.07) is 1.54. The molecule has 94 valence electrons. The molecule has 0 aromatic carbocycles. The van der Waals surface area contributed by atoms with Crippen LogP contribution in [0.5, 0.6) is 0 Å². The lowest BCUT2D eigenvalue weighted by molar-refractivity contribution is 0.0697. The fraction of sp³-hybridized carbons (Fsp3) is 0.182. The van der Waals surface area contributed by atoms with Gasteiger partial charge in [0.15, 0.2) is 0 Å². The van der Waals surface area contributed by atoms with E-state index < -0.39 is 5.97 Å². The van der Waals surface area contributed by atoms with E-state index in [1.807, 2.05) is 5.38 Å². The third-order valence-corrected chi connectivity index (χ3v) is 3.38. The molecule has 0 radical (unpaired) electrons. The monoisotopic (exact) mass is 327 g/mol. The Morgan fingerprint density at radius 3 is 2.94 bits per heavy atom. The molecule has 1 N–H and O–H groups in total. The summed E-state index contributed by atoms with van der Waals surface area (Å²) in [5.41, 5.74) is 2.81. The van der Waals surface area contributed by atoms with Crippen LogP contribution in [0.15, 0.2) is 27.6 Å². The third-order valence-electron chi connectivity index (χ3n) is 2.31. The molecule has 0 spiro atoms. The van der Waals surface area contributed by atoms with Crippen molar-refractivity contribution in [1.29, 1.82) is 0 Å². The van der Waals surface area contributed by atoms with E-state index in [4.69, 9.17) is 5.11 Å². The van der Waals surface area contributed by atoms with E-state index in [9.17, 15) is 4.79 Å². The molecule has 2 heterocycles. The van der Waals surface area contributed by atoms with Crippen molar-refractivity contribution in [3.63, 3.8) is 0 Å². The number of hydrogen-bond acceptors (Lipinski definition) is 5. The SMILES string of the molecule is CN(Cc1cscn1)c1ncc(Br)cc1C(=O)O. The summed E-state index contributed by atoms with van der Waals surface area (Å²) in [6.45, 7) is 0.526. The summed E-state index contributed by atoms with van der Waals surface area (Å²) >= 11 is 4.73. The van der Waals surface area contributed by atoms with Crippen LogP contribution in [0.2, 0.25) is 0 Å². The molecule has 0 aliphatic rings. The van der Waals surface area contributed by atoms with Gasteiger partial charge in [-0.25, -0.2) is 14.8 Å². The lowest BCUT2D eigenvalue weighted by Gasteiger charge is -2.18. The Bertz CT molecular complexity index is 559. The minimum atomic E-state index is -0.996. The number of carboxylic acids is 1. The van der Waals surface area contributed by atoms with E-state index in [-0.39, 0.29) is 5.56 Å². The Hall–Kier alpha value is -1.47. The third kappa shape index (κ3) is 2.85. The predicted octanol–water partition coefficient (Wildman–Crippen LogP) is 2.64. The summed E-state index contributed by atoms with van der Waals surface area (Å²) in [6.07, 6.45) is 1.58. The first-order valence-electron chi connectivity index (χ1n) is 5.05. The molecule has 2 aromatic heterocycles. The van der Waals surface area contributed by atoms with Gasteiger partial charge < -0.3 is 10.0 Å². The fourth-order valence-electron chi connectivity index (χ4n) is 1.53. The van der Waals surface area contributed by atoms with E-state index in [0.29, 0.717) is 16.8 Å². The Labute approximate surface area is 116 Å². The van der Waals surface area contributed by atoms with E-state index in [0.717, 1.165) is 5.69 Å². The second kappa shape index (κ2) is 5.45. The topological polar surface area (TPSA) is 66.3 Å². The van der Waals surface area contributed by atoms with E-state index in [1.165, 1.54) is 11.3 Å². The van der Waals surface area contributed by atoms with Gasteiger partial charge in [-0.2, -0.15) is 0 Å². The van der Waals surface area contributed by atoms with Crippen molar-refractivity contribution in [3.05, 3.63) is 38.9 Å². The second-order valence-electron chi connectivity index (χ2n) is 3.67. The summed E-state index contributed by atoms with van der Waals surface area (Å²) in [7, 11) is 1.79. The van der Waals surface area contributed by atoms with Crippen molar-refractivity contribution >= 4 is 39.1 Å². The highest BCUT2D eigenvalue weighted by Crippen LogP contribution is 2.22. The van der Waals surface area contributed by atoms with E-state index in [2.05, 4.69) is 25.9 Å². The maximum Gasteiger partial charge on any atom is 0.339 e. The molecule has 0 fully saturated rings. The highest BCUT2D eigenvalue weighted by molar-refractivity contribution is 9.10. The van der Waals surface area contributed by atoms with Crippen molar-refractivity contribution in [2.45, 2.75) is 6.54 Å². The molecule has 0 saturated carbocycles. The minimum absolute atomic E-state index is 0.169. The lowest BCUT2D eigenvalue weighted by atomic mass is 10.2. The first kappa shape index (κ1) is 13.0. The van der Waals surface area contributed by atoms with Gasteiger partial charge in [-0.1, -0.05) is 0 Å². The van der Waals surface area contributed by atoms with Gasteiger partial charge in [0.1, 0.15) is 11.4 Å². The van der Waals surface area contributed by atoms with Crippen LogP contribution in [0.4, 0.5) is 5.82 Å². The smallest absolute Gasteiger partial charge is 0.339 e. The molecule has 0 aliphatic carbocycles. The van der Waals surface area contributed by atoms with Crippen LogP contribution in [0.1, 0.15) is 16.1 Å². The summed E-state index contributed by atoms with van der Waals surface area (Å²) < 4.78 is 0.644. The van der Waals surface area contributed by atoms with Gasteiger partial charge in [-0.3, -0.25) is 0 Å². The van der Waals surface area contributed by atoms with E-state index in [1.54, 1.807) is 29.7 Å². The number of nitrogens with zero attached hydrogens (tertiary/aromatic N) is 3. The largest absolute Gasteiger partial charge is 0.478 e. The van der Waals surface area contributed by atoms with Crippen LogP contribution >= 0.6 is 27.3 Å². The van der Waals surface area contributed by atoms with Gasteiger partial charge in [0.2, 0.25) is 0 Å². The van der Waals surface area contributed by atoms with Crippen LogP contribution in [0, 0.1) is 0 Å². The average Bonchev–Trinajstić information content (AvgIpc) is 2.81. The molecule has 0 amide bonds. The zero-order valence-electron chi connectivity index (χ0n) is 9.50. The molecule has 0 saturated heterocycles. The standard InChI is InChI=1S/C11H10BrN3O2S/c1-15(4-8-5-18-6-14-8)10-9(11(16)17)2-7(12)3-13-10/h2-3,5-6H,4H2,1H3,(H,16,17). The molecular formula is C11H10BrN3O2S. The number of aromatic nitrogens is 2. The normalized spacial score (nSPS) is 10.3. The fourth-order valence-corrected chi connectivity index (χ4v) is 2.41. The number of thiazole rings is 1. The number of anilines is 1. The molecule has 2 rings (SSSR count). The Balaban J connectivity index is 2.29. The number of hydrogen-bond donors (Lipinski definition) is 1. The van der Waals surface area contributed by atoms with Crippen molar-refractivity contribution < 1.29 is 9.90 Å². The zero-order chi connectivity index (χ0) is 13.1. The number of rotatable bonds is 4. The zero-order valence-corrected chi connectivity index (χ0v) is 11.9. The molecular weight excluding hydrogens is 318 g/mol. The molecule has 0 unspecified atom stereocenters. The van der Waals surface area contributed by atoms with Gasteiger partial charge in [0.05, 0.1) is 17.7 Å². The molecule has 0 bridgehead atoms. The quantitative estimate of drug-likeness (QED) is 0.935. The van der Waals surface area contributed by atoms with Crippen molar-refractivity contribution in [1.82, 2.24) is 9.97 Å². The van der Waals surface area contributed by atoms with Crippen molar-refractivity contribution in [3.8, 4) is 0 Å². The number of carboxylic acid groups (broad SMARTS) is 1. The highest BCUT2D eigenvalue weighted by Gasteiger charge is 2.16. The first-order chi connectivity index (χ1) is 8.58. The lowest BCUT2D eigenvalue weighted by Crippen LogP contribution is -2.21. The summed E-state index contributed by atoms with van der Waals surface area (Å²) in [5.74, 6) is -0.567. The first-order valence-corrected chi connectivity index (χ1v) is 6.78. The molecule has 5 nitrogen and oxygen atoms in total. The second-order valence-corrected chi connectivity index (χ2v) is 5.30. The average molecular weight is 328 g/mol. The number of pyridine rings is 1. The van der Waals surface area contributed by atoms with Crippen LogP contribution in [0.25, 0.3) is 0 Å².